The molecule has 0 aromatic heterocycles. The number of benzene rings is 2. The van der Waals surface area contributed by atoms with Crippen LogP contribution in [0.1, 0.15) is 37.3 Å². The molecule has 0 radical (unpaired) electrons. The molecule has 0 aliphatic carbocycles. The second kappa shape index (κ2) is 7.93. The minimum Gasteiger partial charge on any atom is -0.396 e. The van der Waals surface area contributed by atoms with Crippen LogP contribution in [0, 0.1) is 5.41 Å². The summed E-state index contributed by atoms with van der Waals surface area (Å²) < 4.78 is 0. The summed E-state index contributed by atoms with van der Waals surface area (Å²) >= 11 is 0. The van der Waals surface area contributed by atoms with Crippen LogP contribution in [0.2, 0.25) is 0 Å². The van der Waals surface area contributed by atoms with Gasteiger partial charge in [-0.15, -0.1) is 0 Å². The monoisotopic (exact) mass is 311 g/mol. The number of rotatable bonds is 7. The molecule has 3 nitrogen and oxygen atoms in total. The van der Waals surface area contributed by atoms with E-state index in [1.165, 1.54) is 0 Å². The van der Waals surface area contributed by atoms with Gasteiger partial charge in [-0.05, 0) is 23.0 Å². The maximum atomic E-state index is 12.8. The van der Waals surface area contributed by atoms with Gasteiger partial charge in [0.1, 0.15) is 0 Å². The molecule has 23 heavy (non-hydrogen) atoms. The number of carbonyl (C=O) groups is 1. The lowest BCUT2D eigenvalue weighted by molar-refractivity contribution is -0.122. The minimum atomic E-state index is -0.317. The highest BCUT2D eigenvalue weighted by atomic mass is 16.3. The molecule has 2 rings (SSSR count). The first-order valence-corrected chi connectivity index (χ1v) is 8.02. The summed E-state index contributed by atoms with van der Waals surface area (Å²) in [4.78, 5) is 12.8. The van der Waals surface area contributed by atoms with Gasteiger partial charge in [0.2, 0.25) is 5.91 Å². The van der Waals surface area contributed by atoms with Crippen molar-refractivity contribution in [1.29, 1.82) is 0 Å². The summed E-state index contributed by atoms with van der Waals surface area (Å²) in [7, 11) is 0. The number of carbonyl (C=O) groups excluding carboxylic acids is 1. The lowest BCUT2D eigenvalue weighted by Crippen LogP contribution is -2.37. The van der Waals surface area contributed by atoms with Gasteiger partial charge < -0.3 is 10.4 Å². The fraction of sp³-hybridized carbons (Fsp3) is 0.350. The lowest BCUT2D eigenvalue weighted by atomic mass is 9.87. The molecule has 122 valence electrons. The van der Waals surface area contributed by atoms with E-state index in [2.05, 4.69) is 5.32 Å². The molecule has 2 aromatic rings. The second-order valence-electron chi connectivity index (χ2n) is 6.61. The van der Waals surface area contributed by atoms with Crippen LogP contribution in [0.4, 0.5) is 0 Å². The zero-order valence-corrected chi connectivity index (χ0v) is 13.8. The SMILES string of the molecule is CC(C)(CCO)CNC(=O)C(c1ccccc1)c1ccccc1. The largest absolute Gasteiger partial charge is 0.396 e. The normalized spacial score (nSPS) is 11.5. The van der Waals surface area contributed by atoms with E-state index in [0.29, 0.717) is 13.0 Å². The molecular weight excluding hydrogens is 286 g/mol. The van der Waals surface area contributed by atoms with Crippen molar-refractivity contribution in [1.82, 2.24) is 5.32 Å². The summed E-state index contributed by atoms with van der Waals surface area (Å²) in [5, 5.41) is 12.2. The average Bonchev–Trinajstić information content (AvgIpc) is 2.55. The van der Waals surface area contributed by atoms with Crippen LogP contribution < -0.4 is 5.32 Å². The highest BCUT2D eigenvalue weighted by Gasteiger charge is 2.25. The van der Waals surface area contributed by atoms with Gasteiger partial charge in [-0.25, -0.2) is 0 Å². The van der Waals surface area contributed by atoms with E-state index < -0.39 is 0 Å². The number of nitrogens with one attached hydrogen (secondary N) is 1. The van der Waals surface area contributed by atoms with Crippen molar-refractivity contribution < 1.29 is 9.90 Å². The summed E-state index contributed by atoms with van der Waals surface area (Å²) in [6.45, 7) is 4.76. The number of aliphatic hydroxyl groups is 1. The Morgan fingerprint density at radius 1 is 1.00 bits per heavy atom. The number of amides is 1. The maximum absolute atomic E-state index is 12.8. The Bertz CT molecular complexity index is 569. The fourth-order valence-corrected chi connectivity index (χ4v) is 2.61. The lowest BCUT2D eigenvalue weighted by Gasteiger charge is -2.26. The Morgan fingerprint density at radius 2 is 1.48 bits per heavy atom. The van der Waals surface area contributed by atoms with E-state index in [-0.39, 0.29) is 23.8 Å². The molecule has 0 bridgehead atoms. The van der Waals surface area contributed by atoms with Gasteiger partial charge >= 0.3 is 0 Å². The molecule has 0 saturated carbocycles. The second-order valence-corrected chi connectivity index (χ2v) is 6.61. The molecular formula is C20H25NO2. The van der Waals surface area contributed by atoms with Crippen LogP contribution in [0.15, 0.2) is 60.7 Å². The molecule has 0 heterocycles. The number of aliphatic hydroxyl groups excluding tert-OH is 1. The Morgan fingerprint density at radius 3 is 1.91 bits per heavy atom. The van der Waals surface area contributed by atoms with Crippen molar-refractivity contribution in [2.24, 2.45) is 5.41 Å². The zero-order valence-electron chi connectivity index (χ0n) is 13.8. The van der Waals surface area contributed by atoms with Crippen LogP contribution in [0.3, 0.4) is 0 Å². The van der Waals surface area contributed by atoms with Crippen LogP contribution in [-0.2, 0) is 4.79 Å². The van der Waals surface area contributed by atoms with Crippen LogP contribution in [-0.4, -0.2) is 24.2 Å². The first kappa shape index (κ1) is 17.2. The van der Waals surface area contributed by atoms with Gasteiger partial charge in [-0.1, -0.05) is 74.5 Å². The van der Waals surface area contributed by atoms with Crippen molar-refractivity contribution in [2.75, 3.05) is 13.2 Å². The van der Waals surface area contributed by atoms with Crippen molar-refractivity contribution in [3.63, 3.8) is 0 Å². The third-order valence-electron chi connectivity index (χ3n) is 4.06. The van der Waals surface area contributed by atoms with Gasteiger partial charge in [-0.2, -0.15) is 0 Å². The average molecular weight is 311 g/mol. The van der Waals surface area contributed by atoms with Crippen molar-refractivity contribution in [3.8, 4) is 0 Å². The Labute approximate surface area is 138 Å². The minimum absolute atomic E-state index is 0.00610. The smallest absolute Gasteiger partial charge is 0.232 e. The van der Waals surface area contributed by atoms with Gasteiger partial charge in [-0.3, -0.25) is 4.79 Å². The molecule has 2 aromatic carbocycles. The summed E-state index contributed by atoms with van der Waals surface area (Å²) in [5.41, 5.74) is 1.84. The van der Waals surface area contributed by atoms with E-state index >= 15 is 0 Å². The van der Waals surface area contributed by atoms with Crippen molar-refractivity contribution >= 4 is 5.91 Å². The molecule has 2 N–H and O–H groups in total. The highest BCUT2D eigenvalue weighted by Crippen LogP contribution is 2.25. The van der Waals surface area contributed by atoms with E-state index in [4.69, 9.17) is 5.11 Å². The maximum Gasteiger partial charge on any atom is 0.232 e. The molecule has 1 amide bonds. The summed E-state index contributed by atoms with van der Waals surface area (Å²) in [6, 6.07) is 19.6. The van der Waals surface area contributed by atoms with Crippen molar-refractivity contribution in [2.45, 2.75) is 26.2 Å². The fourth-order valence-electron chi connectivity index (χ4n) is 2.61. The van der Waals surface area contributed by atoms with E-state index in [1.54, 1.807) is 0 Å². The Kier molecular flexibility index (Phi) is 5.94. The molecule has 0 atom stereocenters. The molecule has 0 spiro atoms. The molecule has 0 aliphatic rings. The van der Waals surface area contributed by atoms with E-state index in [9.17, 15) is 4.79 Å². The third-order valence-corrected chi connectivity index (χ3v) is 4.06. The Balaban J connectivity index is 2.20. The number of hydrogen-bond donors (Lipinski definition) is 2. The highest BCUT2D eigenvalue weighted by molar-refractivity contribution is 5.87. The predicted octanol–water partition coefficient (Wildman–Crippen LogP) is 3.34. The topological polar surface area (TPSA) is 49.3 Å². The number of hydrogen-bond acceptors (Lipinski definition) is 2. The summed E-state index contributed by atoms with van der Waals surface area (Å²) in [5.74, 6) is -0.323. The zero-order chi connectivity index (χ0) is 16.7. The van der Waals surface area contributed by atoms with Crippen LogP contribution >= 0.6 is 0 Å². The predicted molar refractivity (Wildman–Crippen MR) is 93.2 cm³/mol. The molecule has 0 saturated heterocycles. The molecule has 3 heteroatoms. The van der Waals surface area contributed by atoms with Gasteiger partial charge in [0.15, 0.2) is 0 Å². The van der Waals surface area contributed by atoms with Gasteiger partial charge in [0.05, 0.1) is 5.92 Å². The van der Waals surface area contributed by atoms with Gasteiger partial charge in [0, 0.05) is 13.2 Å². The molecule has 0 unspecified atom stereocenters. The molecule has 0 aliphatic heterocycles. The van der Waals surface area contributed by atoms with Crippen LogP contribution in [0.25, 0.3) is 0 Å². The van der Waals surface area contributed by atoms with E-state index in [1.807, 2.05) is 74.5 Å². The van der Waals surface area contributed by atoms with Crippen LogP contribution in [0.5, 0.6) is 0 Å². The molecule has 0 fully saturated rings. The first-order chi connectivity index (χ1) is 11.0. The summed E-state index contributed by atoms with van der Waals surface area (Å²) in [6.07, 6.45) is 0.661. The quantitative estimate of drug-likeness (QED) is 0.824. The van der Waals surface area contributed by atoms with Crippen molar-refractivity contribution in [3.05, 3.63) is 71.8 Å². The van der Waals surface area contributed by atoms with Gasteiger partial charge in [0.25, 0.3) is 0 Å². The third kappa shape index (κ3) is 4.93. The van der Waals surface area contributed by atoms with E-state index in [0.717, 1.165) is 11.1 Å². The Hall–Kier alpha value is -2.13. The first-order valence-electron chi connectivity index (χ1n) is 8.02. The standard InChI is InChI=1S/C20H25NO2/c1-20(2,13-14-22)15-21-19(23)18(16-9-5-3-6-10-16)17-11-7-4-8-12-17/h3-12,18,22H,13-15H2,1-2H3,(H,21,23).